The highest BCUT2D eigenvalue weighted by Gasteiger charge is 2.84. The van der Waals surface area contributed by atoms with Crippen molar-refractivity contribution in [3.63, 3.8) is 0 Å². The first-order valence-corrected chi connectivity index (χ1v) is 19.2. The number of rotatable bonds is 12. The lowest BCUT2D eigenvalue weighted by atomic mass is 9.43. The molecule has 3 saturated carbocycles. The molecule has 12 atom stereocenters. The van der Waals surface area contributed by atoms with Crippen LogP contribution in [0.4, 0.5) is 4.79 Å². The molecule has 290 valence electrons. The highest BCUT2D eigenvalue weighted by Crippen LogP contribution is 2.82. The first kappa shape index (κ1) is 40.0. The molecule has 1 aromatic carbocycles. The first-order valence-electron chi connectivity index (χ1n) is 18.1. The quantitative estimate of drug-likeness (QED) is 0.0754. The lowest BCUT2D eigenvalue weighted by molar-refractivity contribution is -0.309. The Morgan fingerprint density at radius 3 is 2.38 bits per heavy atom. The van der Waals surface area contributed by atoms with Crippen molar-refractivity contribution in [1.82, 2.24) is 0 Å². The maximum absolute atomic E-state index is 13.9. The van der Waals surface area contributed by atoms with Crippen LogP contribution in [0.3, 0.4) is 0 Å². The molecule has 1 aromatic rings. The van der Waals surface area contributed by atoms with E-state index in [-0.39, 0.29) is 36.2 Å². The van der Waals surface area contributed by atoms with E-state index in [1.807, 2.05) is 44.2 Å². The van der Waals surface area contributed by atoms with Gasteiger partial charge in [-0.05, 0) is 67.4 Å². The molecule has 4 fully saturated rings. The third-order valence-electron chi connectivity index (χ3n) is 12.7. The van der Waals surface area contributed by atoms with Crippen LogP contribution in [0.15, 0.2) is 48.1 Å². The second-order valence-corrected chi connectivity index (χ2v) is 18.1. The Morgan fingerprint density at radius 2 is 1.75 bits per heavy atom. The summed E-state index contributed by atoms with van der Waals surface area (Å²) in [6.07, 6.45) is 1.34. The van der Waals surface area contributed by atoms with E-state index in [4.69, 9.17) is 63.2 Å². The molecule has 0 radical (unpaired) electrons. The molecule has 5 aliphatic rings. The van der Waals surface area contributed by atoms with Gasteiger partial charge in [0, 0.05) is 18.6 Å². The van der Waals surface area contributed by atoms with E-state index in [0.717, 1.165) is 30.3 Å². The molecule has 1 heterocycles. The lowest BCUT2D eigenvalue weighted by Crippen LogP contribution is -2.65. The molecule has 6 rings (SSSR count). The number of hydrogen-bond donors (Lipinski definition) is 1. The molecule has 0 spiro atoms. The molecule has 14 heteroatoms. The number of esters is 1. The number of carboxylic acids is 1. The minimum atomic E-state index is -1.94. The van der Waals surface area contributed by atoms with Gasteiger partial charge < -0.3 is 38.3 Å². The molecule has 1 aliphatic heterocycles. The van der Waals surface area contributed by atoms with Crippen LogP contribution in [-0.4, -0.2) is 84.3 Å². The predicted molar refractivity (Wildman–Crippen MR) is 195 cm³/mol. The summed E-state index contributed by atoms with van der Waals surface area (Å²) in [4.78, 5) is 53.9. The fraction of sp³-hybridized carbons (Fsp3) is 0.641. The fourth-order valence-corrected chi connectivity index (χ4v) is 10.9. The normalized spacial score (nSPS) is 38.7. The molecular weight excluding hydrogens is 751 g/mol. The van der Waals surface area contributed by atoms with Gasteiger partial charge in [0.1, 0.15) is 24.4 Å². The summed E-state index contributed by atoms with van der Waals surface area (Å²) >= 11 is 17.5. The molecule has 1 saturated heterocycles. The molecular formula is C39H47Cl3O11. The minimum Gasteiger partial charge on any atom is -0.481 e. The number of carbonyl (C=O) groups excluding carboxylic acids is 3. The Morgan fingerprint density at radius 1 is 1.04 bits per heavy atom. The summed E-state index contributed by atoms with van der Waals surface area (Å²) in [6.45, 7) is 7.00. The molecule has 0 aromatic heterocycles. The Kier molecular flexibility index (Phi) is 11.4. The largest absolute Gasteiger partial charge is 0.509 e. The highest BCUT2D eigenvalue weighted by molar-refractivity contribution is 6.67. The van der Waals surface area contributed by atoms with E-state index in [1.54, 1.807) is 13.0 Å². The van der Waals surface area contributed by atoms with Crippen molar-refractivity contribution in [3.8, 4) is 0 Å². The average molecular weight is 798 g/mol. The number of hydrogen-bond acceptors (Lipinski definition) is 10. The van der Waals surface area contributed by atoms with Crippen LogP contribution in [0, 0.1) is 45.8 Å². The van der Waals surface area contributed by atoms with E-state index in [2.05, 4.69) is 13.0 Å². The van der Waals surface area contributed by atoms with Gasteiger partial charge >= 0.3 is 18.1 Å². The minimum absolute atomic E-state index is 0.0726. The van der Waals surface area contributed by atoms with Crippen LogP contribution in [0.5, 0.6) is 0 Å². The Labute approximate surface area is 324 Å². The maximum Gasteiger partial charge on any atom is 0.509 e. The number of carboxylic acid groups (broad SMARTS) is 1. The van der Waals surface area contributed by atoms with Crippen LogP contribution in [0.25, 0.3) is 6.08 Å². The molecule has 0 amide bonds. The number of carbonyl (C=O) groups is 4. The van der Waals surface area contributed by atoms with Gasteiger partial charge in [0.2, 0.25) is 3.79 Å². The van der Waals surface area contributed by atoms with E-state index in [1.165, 1.54) is 13.2 Å². The van der Waals surface area contributed by atoms with Gasteiger partial charge in [0.15, 0.2) is 18.5 Å². The molecule has 1 N–H and O–H groups in total. The third-order valence-corrected chi connectivity index (χ3v) is 13.0. The van der Waals surface area contributed by atoms with E-state index < -0.39 is 75.4 Å². The summed E-state index contributed by atoms with van der Waals surface area (Å²) in [6, 6.07) is 9.12. The third kappa shape index (κ3) is 6.71. The van der Waals surface area contributed by atoms with Crippen molar-refractivity contribution in [2.75, 3.05) is 20.3 Å². The number of halogens is 3. The van der Waals surface area contributed by atoms with E-state index in [0.29, 0.717) is 12.8 Å². The van der Waals surface area contributed by atoms with Crippen molar-refractivity contribution < 1.29 is 52.7 Å². The number of ether oxygens (including phenoxy) is 6. The molecule has 4 bridgehead atoms. The van der Waals surface area contributed by atoms with Crippen molar-refractivity contribution in [2.24, 2.45) is 45.8 Å². The number of methoxy groups -OCH3 is 1. The standard InChI is InChI=1S/C39H47Cl3O11/c1-21(2)28-15-25-16-36(18-43)27-13-11-22(3)26(27)17-37(25,39(28,36)34(45)46)19-49-33-32(53-35(47)50-20-38(40,41)42)31(30(48-5)23(4)51-33)52-29(44)14-12-24-9-7-6-8-10-24/h6-10,12,14-15,18,21-23,25-27,30-33H,11,13,16-17,19-20H2,1-5H3,(H,45,46)/b14-12+/t22?,23-,25?,26?,27?,30-,31-,32+,33-,36?,37?,39?/m1/s1. The second kappa shape index (κ2) is 15.1. The number of allylic oxidation sites excluding steroid dienone is 1. The zero-order chi connectivity index (χ0) is 38.5. The van der Waals surface area contributed by atoms with E-state index >= 15 is 0 Å². The number of aldehydes is 1. The topological polar surface area (TPSA) is 144 Å². The van der Waals surface area contributed by atoms with Crippen molar-refractivity contribution in [3.05, 3.63) is 53.6 Å². The fourth-order valence-electron chi connectivity index (χ4n) is 10.7. The van der Waals surface area contributed by atoms with Crippen molar-refractivity contribution >= 4 is 65.3 Å². The maximum atomic E-state index is 13.9. The molecule has 11 nitrogen and oxygen atoms in total. The average Bonchev–Trinajstić information content (AvgIpc) is 3.68. The summed E-state index contributed by atoms with van der Waals surface area (Å²) < 4.78 is 33.5. The number of aliphatic carboxylic acids is 1. The first-order chi connectivity index (χ1) is 25.0. The second-order valence-electron chi connectivity index (χ2n) is 15.6. The van der Waals surface area contributed by atoms with Gasteiger partial charge in [0.25, 0.3) is 0 Å². The van der Waals surface area contributed by atoms with Crippen LogP contribution < -0.4 is 0 Å². The van der Waals surface area contributed by atoms with Gasteiger partial charge in [-0.15, -0.1) is 0 Å². The van der Waals surface area contributed by atoms with Crippen molar-refractivity contribution in [2.45, 2.75) is 87.9 Å². The van der Waals surface area contributed by atoms with Crippen LogP contribution >= 0.6 is 34.8 Å². The highest BCUT2D eigenvalue weighted by atomic mass is 35.6. The SMILES string of the molecule is CO[C@H]1[C@@H](OC(=O)/C=C/c2ccccc2)[C@H](OC(=O)OCC(Cl)(Cl)Cl)[C@H](OCC23CC4C(C)CCC4C4(C=O)CC2C=C(C(C)C)C43C(=O)O)O[C@@H]1C. The smallest absolute Gasteiger partial charge is 0.481 e. The van der Waals surface area contributed by atoms with Crippen LogP contribution in [-0.2, 0) is 42.8 Å². The van der Waals surface area contributed by atoms with Crippen LogP contribution in [0.2, 0.25) is 0 Å². The summed E-state index contributed by atoms with van der Waals surface area (Å²) in [7, 11) is 1.40. The van der Waals surface area contributed by atoms with Crippen LogP contribution in [0.1, 0.15) is 58.9 Å². The number of alkyl halides is 3. The van der Waals surface area contributed by atoms with Gasteiger partial charge in [-0.1, -0.05) is 104 Å². The van der Waals surface area contributed by atoms with Gasteiger partial charge in [0.05, 0.1) is 18.1 Å². The Bertz CT molecular complexity index is 1630. The molecule has 4 aliphatic carbocycles. The summed E-state index contributed by atoms with van der Waals surface area (Å²) in [5, 5.41) is 11.4. The van der Waals surface area contributed by atoms with Gasteiger partial charge in [-0.25, -0.2) is 9.59 Å². The number of fused-ring (bicyclic) bond motifs is 2. The molecule has 7 unspecified atom stereocenters. The zero-order valence-electron chi connectivity index (χ0n) is 30.4. The summed E-state index contributed by atoms with van der Waals surface area (Å²) in [5.74, 6) is -1.88. The Hall–Kier alpha value is -2.67. The Balaban J connectivity index is 1.36. The van der Waals surface area contributed by atoms with Crippen molar-refractivity contribution in [1.29, 1.82) is 0 Å². The zero-order valence-corrected chi connectivity index (χ0v) is 32.6. The predicted octanol–water partition coefficient (Wildman–Crippen LogP) is 7.20. The molecule has 53 heavy (non-hydrogen) atoms. The monoisotopic (exact) mass is 796 g/mol. The number of benzene rings is 1. The van der Waals surface area contributed by atoms with Gasteiger partial charge in [-0.2, -0.15) is 0 Å². The lowest BCUT2D eigenvalue weighted by Gasteiger charge is -2.58. The van der Waals surface area contributed by atoms with Gasteiger partial charge in [-0.3, -0.25) is 4.79 Å². The summed E-state index contributed by atoms with van der Waals surface area (Å²) in [5.41, 5.74) is -2.16. The van der Waals surface area contributed by atoms with E-state index in [9.17, 15) is 24.3 Å².